The fourth-order valence-corrected chi connectivity index (χ4v) is 3.75. The lowest BCUT2D eigenvalue weighted by Crippen LogP contribution is -2.27. The van der Waals surface area contributed by atoms with Crippen LogP contribution in [0.5, 0.6) is 0 Å². The molecule has 0 spiro atoms. The van der Waals surface area contributed by atoms with Gasteiger partial charge in [-0.1, -0.05) is 11.6 Å². The van der Waals surface area contributed by atoms with Gasteiger partial charge in [-0.15, -0.1) is 0 Å². The molecule has 0 saturated carbocycles. The molecule has 1 aromatic carbocycles. The summed E-state index contributed by atoms with van der Waals surface area (Å²) in [5.74, 6) is -0.609. The molecule has 14 heteroatoms. The molecule has 3 aromatic heterocycles. The van der Waals surface area contributed by atoms with Crippen LogP contribution >= 0.6 is 11.6 Å². The van der Waals surface area contributed by atoms with Crippen LogP contribution in [0.15, 0.2) is 46.6 Å². The first kappa shape index (κ1) is 25.2. The normalized spacial score (nSPS) is 12.6. The molecule has 0 amide bonds. The Kier molecular flexibility index (Phi) is 7.02. The number of aryl methyl sites for hydroxylation is 1. The van der Waals surface area contributed by atoms with Gasteiger partial charge in [0, 0.05) is 25.0 Å². The third kappa shape index (κ3) is 5.35. The van der Waals surface area contributed by atoms with Gasteiger partial charge < -0.3 is 5.32 Å². The molecule has 0 aliphatic heterocycles. The summed E-state index contributed by atoms with van der Waals surface area (Å²) in [6.45, 7) is 1.83. The van der Waals surface area contributed by atoms with E-state index in [1.165, 1.54) is 29.4 Å². The van der Waals surface area contributed by atoms with Crippen LogP contribution in [0.4, 0.5) is 23.2 Å². The van der Waals surface area contributed by atoms with E-state index in [0.717, 1.165) is 12.3 Å². The summed E-state index contributed by atoms with van der Waals surface area (Å²) in [4.78, 5) is 36.6. The van der Waals surface area contributed by atoms with Crippen molar-refractivity contribution in [3.63, 3.8) is 0 Å². The van der Waals surface area contributed by atoms with Gasteiger partial charge in [-0.3, -0.25) is 14.2 Å². The van der Waals surface area contributed by atoms with E-state index < -0.39 is 40.4 Å². The zero-order chi connectivity index (χ0) is 26.0. The molecule has 0 saturated heterocycles. The third-order valence-electron chi connectivity index (χ3n) is 5.35. The van der Waals surface area contributed by atoms with Crippen molar-refractivity contribution < 1.29 is 17.6 Å². The second kappa shape index (κ2) is 10.0. The molecule has 0 aliphatic rings. The summed E-state index contributed by atoms with van der Waals surface area (Å²) in [5, 5.41) is 8.19. The van der Waals surface area contributed by atoms with Crippen molar-refractivity contribution in [3.8, 4) is 11.4 Å². The standard InChI is InChI=1S/C22H18ClF4N7O2/c1-11(32-17-9-31-33-20(35)18(17)22(25,26)27)3-2-4-34-10-30-16-6-13(15(24)5-14(16)21(34)36)19-28-7-12(23)8-29-19/h5-11H,2-4H2,1H3,(H2,32,33,35). The lowest BCUT2D eigenvalue weighted by molar-refractivity contribution is -0.138. The number of hydrogen-bond donors (Lipinski definition) is 2. The number of hydrogen-bond acceptors (Lipinski definition) is 7. The van der Waals surface area contributed by atoms with Gasteiger partial charge in [0.05, 0.1) is 39.7 Å². The molecule has 4 aromatic rings. The second-order valence-corrected chi connectivity index (χ2v) is 8.43. The van der Waals surface area contributed by atoms with Crippen molar-refractivity contribution in [2.45, 2.75) is 38.5 Å². The smallest absolute Gasteiger partial charge is 0.381 e. The zero-order valence-corrected chi connectivity index (χ0v) is 19.4. The van der Waals surface area contributed by atoms with Crippen molar-refractivity contribution >= 4 is 28.2 Å². The highest BCUT2D eigenvalue weighted by Crippen LogP contribution is 2.31. The van der Waals surface area contributed by atoms with Gasteiger partial charge in [-0.05, 0) is 31.9 Å². The topological polar surface area (TPSA) is 118 Å². The Morgan fingerprint density at radius 2 is 1.86 bits per heavy atom. The maximum Gasteiger partial charge on any atom is 0.423 e. The maximum atomic E-state index is 14.7. The number of nitrogens with zero attached hydrogens (tertiary/aromatic N) is 5. The van der Waals surface area contributed by atoms with Crippen LogP contribution in [0.1, 0.15) is 25.3 Å². The highest BCUT2D eigenvalue weighted by atomic mass is 35.5. The fraction of sp³-hybridized carbons (Fsp3) is 0.273. The maximum absolute atomic E-state index is 14.7. The van der Waals surface area contributed by atoms with E-state index in [-0.39, 0.29) is 28.8 Å². The molecule has 0 radical (unpaired) electrons. The predicted molar refractivity (Wildman–Crippen MR) is 124 cm³/mol. The van der Waals surface area contributed by atoms with Gasteiger partial charge in [0.2, 0.25) is 0 Å². The molecule has 1 unspecified atom stereocenters. The molecular weight excluding hydrogens is 506 g/mol. The van der Waals surface area contributed by atoms with Crippen molar-refractivity contribution in [1.29, 1.82) is 0 Å². The first-order valence-corrected chi connectivity index (χ1v) is 11.0. The highest BCUT2D eigenvalue weighted by Gasteiger charge is 2.37. The Morgan fingerprint density at radius 3 is 2.56 bits per heavy atom. The number of aromatic nitrogens is 6. The number of anilines is 1. The lowest BCUT2D eigenvalue weighted by Gasteiger charge is -2.18. The van der Waals surface area contributed by atoms with Crippen molar-refractivity contribution in [2.75, 3.05) is 5.32 Å². The number of halogens is 5. The number of H-pyrrole nitrogens is 1. The van der Waals surface area contributed by atoms with Crippen LogP contribution in [0, 0.1) is 5.82 Å². The summed E-state index contributed by atoms with van der Waals surface area (Å²) in [6, 6.07) is 1.97. The van der Waals surface area contributed by atoms with Crippen molar-refractivity contribution in [1.82, 2.24) is 29.7 Å². The molecule has 3 heterocycles. The molecule has 2 N–H and O–H groups in total. The Hall–Kier alpha value is -3.87. The van der Waals surface area contributed by atoms with E-state index in [1.54, 1.807) is 12.0 Å². The van der Waals surface area contributed by atoms with E-state index >= 15 is 0 Å². The molecule has 36 heavy (non-hydrogen) atoms. The number of nitrogens with one attached hydrogen (secondary N) is 2. The van der Waals surface area contributed by atoms with E-state index in [2.05, 4.69) is 25.4 Å². The van der Waals surface area contributed by atoms with Crippen molar-refractivity contribution in [2.24, 2.45) is 0 Å². The quantitative estimate of drug-likeness (QED) is 0.351. The van der Waals surface area contributed by atoms with Gasteiger partial charge in [0.1, 0.15) is 11.4 Å². The molecule has 0 bridgehead atoms. The summed E-state index contributed by atoms with van der Waals surface area (Å²) in [5.41, 5.74) is -3.28. The Labute approximate surface area is 205 Å². The van der Waals surface area contributed by atoms with Crippen LogP contribution < -0.4 is 16.4 Å². The second-order valence-electron chi connectivity index (χ2n) is 7.99. The van der Waals surface area contributed by atoms with Gasteiger partial charge in [0.25, 0.3) is 11.1 Å². The number of aromatic amines is 1. The minimum atomic E-state index is -4.85. The molecule has 1 atom stereocenters. The molecular formula is C22H18ClF4N7O2. The van der Waals surface area contributed by atoms with Gasteiger partial charge in [0.15, 0.2) is 5.82 Å². The van der Waals surface area contributed by atoms with Crippen LogP contribution in [-0.4, -0.2) is 35.8 Å². The summed E-state index contributed by atoms with van der Waals surface area (Å²) < 4.78 is 55.6. The van der Waals surface area contributed by atoms with Crippen LogP contribution in [0.3, 0.4) is 0 Å². The number of benzene rings is 1. The minimum Gasteiger partial charge on any atom is -0.381 e. The minimum absolute atomic E-state index is 0.0586. The molecule has 188 valence electrons. The molecule has 0 aliphatic carbocycles. The largest absolute Gasteiger partial charge is 0.423 e. The monoisotopic (exact) mass is 523 g/mol. The van der Waals surface area contributed by atoms with Crippen molar-refractivity contribution in [3.05, 3.63) is 74.2 Å². The predicted octanol–water partition coefficient (Wildman–Crippen LogP) is 4.03. The fourth-order valence-electron chi connectivity index (χ4n) is 3.66. The summed E-state index contributed by atoms with van der Waals surface area (Å²) in [7, 11) is 0. The lowest BCUT2D eigenvalue weighted by atomic mass is 10.1. The van der Waals surface area contributed by atoms with Crippen LogP contribution in [-0.2, 0) is 12.7 Å². The molecule has 0 fully saturated rings. The average molecular weight is 524 g/mol. The Morgan fingerprint density at radius 1 is 1.14 bits per heavy atom. The zero-order valence-electron chi connectivity index (χ0n) is 18.6. The molecule has 4 rings (SSSR count). The Balaban J connectivity index is 1.47. The number of fused-ring (bicyclic) bond motifs is 1. The SMILES string of the molecule is CC(CCCn1cnc2cc(-c3ncc(Cl)cn3)c(F)cc2c1=O)Nc1cn[nH]c(=O)c1C(F)(F)F. The summed E-state index contributed by atoms with van der Waals surface area (Å²) in [6.07, 6.45) is 0.758. The van der Waals surface area contributed by atoms with Gasteiger partial charge in [-0.2, -0.15) is 18.3 Å². The van der Waals surface area contributed by atoms with E-state index in [1.807, 2.05) is 0 Å². The third-order valence-corrected chi connectivity index (χ3v) is 5.55. The van der Waals surface area contributed by atoms with Crippen LogP contribution in [0.2, 0.25) is 5.02 Å². The first-order chi connectivity index (χ1) is 17.0. The highest BCUT2D eigenvalue weighted by molar-refractivity contribution is 6.30. The number of alkyl halides is 3. The van der Waals surface area contributed by atoms with Crippen LogP contribution in [0.25, 0.3) is 22.3 Å². The molecule has 9 nitrogen and oxygen atoms in total. The van der Waals surface area contributed by atoms with Gasteiger partial charge in [-0.25, -0.2) is 24.4 Å². The average Bonchev–Trinajstić information content (AvgIpc) is 2.80. The van der Waals surface area contributed by atoms with Gasteiger partial charge >= 0.3 is 6.18 Å². The van der Waals surface area contributed by atoms with E-state index in [0.29, 0.717) is 17.9 Å². The summed E-state index contributed by atoms with van der Waals surface area (Å²) >= 11 is 5.76. The Bertz CT molecular complexity index is 1520. The van der Waals surface area contributed by atoms with E-state index in [9.17, 15) is 27.2 Å². The first-order valence-electron chi connectivity index (χ1n) is 10.6. The van der Waals surface area contributed by atoms with E-state index in [4.69, 9.17) is 11.6 Å². The number of rotatable bonds is 7.